The summed E-state index contributed by atoms with van der Waals surface area (Å²) in [6.07, 6.45) is 3.98. The van der Waals surface area contributed by atoms with Crippen molar-refractivity contribution >= 4 is 17.0 Å². The van der Waals surface area contributed by atoms with E-state index in [9.17, 15) is 18.3 Å². The van der Waals surface area contributed by atoms with Crippen LogP contribution >= 0.6 is 0 Å². The zero-order chi connectivity index (χ0) is 29.1. The summed E-state index contributed by atoms with van der Waals surface area (Å²) in [6.45, 7) is 7.37. The fourth-order valence-corrected chi connectivity index (χ4v) is 6.78. The summed E-state index contributed by atoms with van der Waals surface area (Å²) in [5.74, 6) is 0.198. The molecule has 1 aliphatic carbocycles. The zero-order valence-electron chi connectivity index (χ0n) is 24.1. The van der Waals surface area contributed by atoms with Crippen LogP contribution in [0.5, 0.6) is 0 Å². The third-order valence-corrected chi connectivity index (χ3v) is 9.23. The standard InChI is InChI=1S/C31H42F3N7O/c32-31(33,34)11-14-36-30-37-19-27-28(21-41(29(27)38-30)25-5-7-26(42)8-6-25)23-3-1-22(2-4-23)20-39-15-17-40(18-16-39)24-9-12-35-13-10-24/h1-4,19,21,24-26,35,42H,5-18,20H2,(H,36,37,38). The fourth-order valence-electron chi connectivity index (χ4n) is 6.78. The largest absolute Gasteiger partial charge is 0.393 e. The number of hydrogen-bond donors (Lipinski definition) is 3. The SMILES string of the molecule is OC1CCC(n2cc(-c3ccc(CN4CCN(C5CCNCC5)CC4)cc3)c3cnc(NCCC(F)(F)F)nc32)CC1. The van der Waals surface area contributed by atoms with Gasteiger partial charge in [-0.05, 0) is 62.7 Å². The van der Waals surface area contributed by atoms with Crippen LogP contribution < -0.4 is 10.6 Å². The van der Waals surface area contributed by atoms with Crippen LogP contribution in [0.2, 0.25) is 0 Å². The van der Waals surface area contributed by atoms with E-state index < -0.39 is 12.6 Å². The number of aliphatic hydroxyl groups excluding tert-OH is 1. The quantitative estimate of drug-likeness (QED) is 0.350. The van der Waals surface area contributed by atoms with Gasteiger partial charge in [-0.15, -0.1) is 0 Å². The molecule has 4 heterocycles. The number of piperidine rings is 1. The number of aliphatic hydroxyl groups is 1. The number of halogens is 3. The van der Waals surface area contributed by atoms with Crippen molar-refractivity contribution in [2.75, 3.05) is 51.1 Å². The van der Waals surface area contributed by atoms with Crippen molar-refractivity contribution < 1.29 is 18.3 Å². The number of anilines is 1. The molecule has 11 heteroatoms. The molecule has 0 amide bonds. The number of hydrogen-bond acceptors (Lipinski definition) is 7. The first kappa shape index (κ1) is 29.3. The van der Waals surface area contributed by atoms with Gasteiger partial charge in [0.15, 0.2) is 0 Å². The molecule has 6 rings (SSSR count). The van der Waals surface area contributed by atoms with E-state index in [0.29, 0.717) is 5.65 Å². The molecule has 1 saturated carbocycles. The second kappa shape index (κ2) is 12.9. The van der Waals surface area contributed by atoms with E-state index in [2.05, 4.69) is 65.4 Å². The molecule has 42 heavy (non-hydrogen) atoms. The zero-order valence-corrected chi connectivity index (χ0v) is 24.1. The topological polar surface area (TPSA) is 81.5 Å². The maximum Gasteiger partial charge on any atom is 0.390 e. The number of rotatable bonds is 8. The third kappa shape index (κ3) is 7.07. The number of aromatic nitrogens is 3. The van der Waals surface area contributed by atoms with Gasteiger partial charge in [0, 0.05) is 74.7 Å². The minimum atomic E-state index is -4.24. The number of nitrogens with one attached hydrogen (secondary N) is 2. The lowest BCUT2D eigenvalue weighted by Gasteiger charge is -2.40. The molecule has 2 aliphatic heterocycles. The van der Waals surface area contributed by atoms with Gasteiger partial charge in [0.05, 0.1) is 12.5 Å². The van der Waals surface area contributed by atoms with Crippen molar-refractivity contribution in [2.45, 2.75) is 75.9 Å². The van der Waals surface area contributed by atoms with Gasteiger partial charge in [0.1, 0.15) is 5.65 Å². The van der Waals surface area contributed by atoms with Gasteiger partial charge < -0.3 is 20.3 Å². The van der Waals surface area contributed by atoms with Crippen molar-refractivity contribution in [1.29, 1.82) is 0 Å². The van der Waals surface area contributed by atoms with Crippen molar-refractivity contribution in [3.05, 3.63) is 42.2 Å². The molecule has 0 unspecified atom stereocenters. The fraction of sp³-hybridized carbons (Fsp3) is 0.613. The van der Waals surface area contributed by atoms with Crippen molar-refractivity contribution in [1.82, 2.24) is 29.7 Å². The van der Waals surface area contributed by atoms with E-state index in [4.69, 9.17) is 0 Å². The Labute approximate surface area is 245 Å². The molecule has 228 valence electrons. The van der Waals surface area contributed by atoms with E-state index in [1.54, 1.807) is 6.20 Å². The maximum absolute atomic E-state index is 12.7. The Balaban J connectivity index is 1.16. The number of piperazine rings is 1. The number of alkyl halides is 3. The van der Waals surface area contributed by atoms with E-state index >= 15 is 0 Å². The lowest BCUT2D eigenvalue weighted by atomic mass is 9.93. The van der Waals surface area contributed by atoms with Crippen LogP contribution in [-0.4, -0.2) is 93.6 Å². The lowest BCUT2D eigenvalue weighted by Crippen LogP contribution is -2.52. The second-order valence-corrected chi connectivity index (χ2v) is 12.1. The van der Waals surface area contributed by atoms with Crippen LogP contribution in [-0.2, 0) is 6.54 Å². The Morgan fingerprint density at radius 2 is 1.64 bits per heavy atom. The van der Waals surface area contributed by atoms with Crippen molar-refractivity contribution in [3.63, 3.8) is 0 Å². The summed E-state index contributed by atoms with van der Waals surface area (Å²) in [6, 6.07) is 9.60. The van der Waals surface area contributed by atoms with Gasteiger partial charge >= 0.3 is 6.18 Å². The summed E-state index contributed by atoms with van der Waals surface area (Å²) in [4.78, 5) is 14.2. The molecular formula is C31H42F3N7O. The van der Waals surface area contributed by atoms with Crippen LogP contribution in [0.1, 0.15) is 56.6 Å². The molecule has 8 nitrogen and oxygen atoms in total. The minimum absolute atomic E-state index is 0.172. The molecular weight excluding hydrogens is 543 g/mol. The molecule has 3 fully saturated rings. The van der Waals surface area contributed by atoms with Gasteiger partial charge in [-0.1, -0.05) is 24.3 Å². The molecule has 0 spiro atoms. The highest BCUT2D eigenvalue weighted by molar-refractivity contribution is 5.94. The normalized spacial score (nSPS) is 23.4. The number of nitrogens with zero attached hydrogens (tertiary/aromatic N) is 5. The molecule has 0 radical (unpaired) electrons. The molecule has 3 aromatic rings. The monoisotopic (exact) mass is 585 g/mol. The Morgan fingerprint density at radius 1 is 0.929 bits per heavy atom. The van der Waals surface area contributed by atoms with Crippen LogP contribution in [0.3, 0.4) is 0 Å². The highest BCUT2D eigenvalue weighted by Crippen LogP contribution is 2.37. The summed E-state index contributed by atoms with van der Waals surface area (Å²) in [5.41, 5.74) is 4.08. The van der Waals surface area contributed by atoms with E-state index in [1.165, 1.54) is 18.4 Å². The summed E-state index contributed by atoms with van der Waals surface area (Å²) in [5, 5.41) is 17.1. The molecule has 3 aliphatic rings. The highest BCUT2D eigenvalue weighted by Gasteiger charge is 2.28. The van der Waals surface area contributed by atoms with Crippen LogP contribution in [0.4, 0.5) is 19.1 Å². The van der Waals surface area contributed by atoms with Gasteiger partial charge in [-0.3, -0.25) is 9.80 Å². The lowest BCUT2D eigenvalue weighted by molar-refractivity contribution is -0.131. The molecule has 0 bridgehead atoms. The van der Waals surface area contributed by atoms with Crippen LogP contribution in [0, 0.1) is 0 Å². The Kier molecular flexibility index (Phi) is 8.99. The predicted octanol–water partition coefficient (Wildman–Crippen LogP) is 4.81. The van der Waals surface area contributed by atoms with Crippen molar-refractivity contribution in [2.24, 2.45) is 0 Å². The number of fused-ring (bicyclic) bond motifs is 1. The van der Waals surface area contributed by atoms with E-state index in [0.717, 1.165) is 94.1 Å². The first-order chi connectivity index (χ1) is 20.3. The summed E-state index contributed by atoms with van der Waals surface area (Å²) in [7, 11) is 0. The molecule has 2 saturated heterocycles. The van der Waals surface area contributed by atoms with Gasteiger partial charge in [-0.2, -0.15) is 18.2 Å². The molecule has 3 N–H and O–H groups in total. The van der Waals surface area contributed by atoms with Crippen LogP contribution in [0.25, 0.3) is 22.2 Å². The average molecular weight is 586 g/mol. The Morgan fingerprint density at radius 3 is 2.33 bits per heavy atom. The van der Waals surface area contributed by atoms with Gasteiger partial charge in [-0.25, -0.2) is 4.98 Å². The molecule has 2 aromatic heterocycles. The smallest absolute Gasteiger partial charge is 0.390 e. The maximum atomic E-state index is 12.7. The first-order valence-corrected chi connectivity index (χ1v) is 15.4. The number of benzene rings is 1. The van der Waals surface area contributed by atoms with E-state index in [-0.39, 0.29) is 24.6 Å². The highest BCUT2D eigenvalue weighted by atomic mass is 19.4. The van der Waals surface area contributed by atoms with Gasteiger partial charge in [0.25, 0.3) is 0 Å². The second-order valence-electron chi connectivity index (χ2n) is 12.1. The van der Waals surface area contributed by atoms with E-state index in [1.807, 2.05) is 0 Å². The summed E-state index contributed by atoms with van der Waals surface area (Å²) >= 11 is 0. The van der Waals surface area contributed by atoms with Crippen molar-refractivity contribution in [3.8, 4) is 11.1 Å². The van der Waals surface area contributed by atoms with Crippen LogP contribution in [0.15, 0.2) is 36.7 Å². The summed E-state index contributed by atoms with van der Waals surface area (Å²) < 4.78 is 40.2. The Hall–Kier alpha value is -2.73. The van der Waals surface area contributed by atoms with Gasteiger partial charge in [0.2, 0.25) is 5.95 Å². The predicted molar refractivity (Wildman–Crippen MR) is 158 cm³/mol. The first-order valence-electron chi connectivity index (χ1n) is 15.4. The minimum Gasteiger partial charge on any atom is -0.393 e. The Bertz CT molecular complexity index is 1310. The molecule has 0 atom stereocenters. The average Bonchev–Trinajstić information content (AvgIpc) is 3.37. The third-order valence-electron chi connectivity index (χ3n) is 9.23. The molecule has 1 aromatic carbocycles.